The van der Waals surface area contributed by atoms with Crippen LogP contribution in [0.3, 0.4) is 0 Å². The summed E-state index contributed by atoms with van der Waals surface area (Å²) in [6.07, 6.45) is 6.85. The second-order valence-electron chi connectivity index (χ2n) is 5.71. The van der Waals surface area contributed by atoms with Gasteiger partial charge in [0.1, 0.15) is 11.4 Å². The van der Waals surface area contributed by atoms with Gasteiger partial charge in [0, 0.05) is 13.2 Å². The van der Waals surface area contributed by atoms with E-state index in [4.69, 9.17) is 14.7 Å². The van der Waals surface area contributed by atoms with Gasteiger partial charge in [-0.2, -0.15) is 0 Å². The summed E-state index contributed by atoms with van der Waals surface area (Å²) in [5.41, 5.74) is 0.772. The fraction of sp³-hybridized carbons (Fsp3) is 0.750. The van der Waals surface area contributed by atoms with Crippen molar-refractivity contribution in [1.82, 2.24) is 9.97 Å². The monoisotopic (exact) mass is 403 g/mol. The lowest BCUT2D eigenvalue weighted by atomic mass is 9.83. The van der Waals surface area contributed by atoms with Crippen molar-refractivity contribution < 1.29 is 4.74 Å². The highest BCUT2D eigenvalue weighted by molar-refractivity contribution is 14.1. The molecule has 118 valence electrons. The molecule has 5 heteroatoms. The molecule has 1 N–H and O–H groups in total. The van der Waals surface area contributed by atoms with Crippen LogP contribution in [-0.4, -0.2) is 23.1 Å². The van der Waals surface area contributed by atoms with Crippen molar-refractivity contribution in [2.24, 2.45) is 0 Å². The maximum atomic E-state index is 6.16. The zero-order valence-corrected chi connectivity index (χ0v) is 15.5. The molecule has 1 saturated carbocycles. The molecule has 0 aliphatic heterocycles. The van der Waals surface area contributed by atoms with Crippen molar-refractivity contribution in [3.8, 4) is 0 Å². The topological polar surface area (TPSA) is 47.0 Å². The van der Waals surface area contributed by atoms with Crippen molar-refractivity contribution in [3.05, 3.63) is 15.1 Å². The van der Waals surface area contributed by atoms with Gasteiger partial charge in [-0.25, -0.2) is 9.97 Å². The van der Waals surface area contributed by atoms with Crippen molar-refractivity contribution in [3.63, 3.8) is 0 Å². The van der Waals surface area contributed by atoms with Crippen LogP contribution in [0.1, 0.15) is 63.9 Å². The molecule has 1 aliphatic carbocycles. The molecular weight excluding hydrogens is 377 g/mol. The van der Waals surface area contributed by atoms with Crippen LogP contribution in [0.2, 0.25) is 0 Å². The predicted octanol–water partition coefficient (Wildman–Crippen LogP) is 4.41. The Bertz CT molecular complexity index is 467. The van der Waals surface area contributed by atoms with Crippen LogP contribution in [0.15, 0.2) is 0 Å². The summed E-state index contributed by atoms with van der Waals surface area (Å²) < 4.78 is 7.27. The Morgan fingerprint density at radius 2 is 1.90 bits per heavy atom. The maximum absolute atomic E-state index is 6.16. The molecule has 0 unspecified atom stereocenters. The fourth-order valence-corrected chi connectivity index (χ4v) is 3.39. The lowest BCUT2D eigenvalue weighted by Crippen LogP contribution is -2.35. The zero-order chi connectivity index (χ0) is 15.3. The summed E-state index contributed by atoms with van der Waals surface area (Å²) >= 11 is 2.33. The Kier molecular flexibility index (Phi) is 6.22. The number of rotatable bonds is 6. The summed E-state index contributed by atoms with van der Waals surface area (Å²) in [6.45, 7) is 7.94. The van der Waals surface area contributed by atoms with E-state index in [0.29, 0.717) is 6.61 Å². The van der Waals surface area contributed by atoms with Crippen LogP contribution in [-0.2, 0) is 10.3 Å². The Hall–Kier alpha value is -0.430. The number of nitrogens with one attached hydrogen (secondary N) is 1. The Labute approximate surface area is 141 Å². The van der Waals surface area contributed by atoms with Crippen molar-refractivity contribution in [2.45, 2.75) is 64.9 Å². The average Bonchev–Trinajstić information content (AvgIpc) is 2.50. The molecule has 2 rings (SSSR count). The lowest BCUT2D eigenvalue weighted by Gasteiger charge is -2.36. The first-order valence-corrected chi connectivity index (χ1v) is 9.13. The quantitative estimate of drug-likeness (QED) is 0.715. The van der Waals surface area contributed by atoms with E-state index in [1.807, 2.05) is 0 Å². The Balaban J connectivity index is 2.37. The Morgan fingerprint density at radius 3 is 2.52 bits per heavy atom. The number of aryl methyl sites for hydroxylation is 1. The number of anilines is 1. The highest BCUT2D eigenvalue weighted by Crippen LogP contribution is 2.39. The van der Waals surface area contributed by atoms with Gasteiger partial charge < -0.3 is 10.1 Å². The highest BCUT2D eigenvalue weighted by atomic mass is 127. The molecule has 1 aromatic heterocycles. The second-order valence-corrected chi connectivity index (χ2v) is 6.79. The molecule has 1 fully saturated rings. The standard InChI is InChI=1S/C16H26IN3O/c1-4-11-18-14-13(17)12(3)19-15(20-14)16(21-5-2)9-7-6-8-10-16/h4-11H2,1-3H3,(H,18,19,20). The van der Waals surface area contributed by atoms with Gasteiger partial charge in [-0.05, 0) is 55.7 Å². The molecule has 1 aromatic rings. The summed E-state index contributed by atoms with van der Waals surface area (Å²) in [7, 11) is 0. The normalized spacial score (nSPS) is 17.7. The molecule has 0 amide bonds. The number of halogens is 1. The van der Waals surface area contributed by atoms with Crippen LogP contribution < -0.4 is 5.32 Å². The number of nitrogens with zero attached hydrogens (tertiary/aromatic N) is 2. The van der Waals surface area contributed by atoms with Crippen LogP contribution in [0.5, 0.6) is 0 Å². The average molecular weight is 403 g/mol. The minimum Gasteiger partial charge on any atom is -0.369 e. The first kappa shape index (κ1) is 16.9. The molecule has 1 heterocycles. The highest BCUT2D eigenvalue weighted by Gasteiger charge is 2.38. The van der Waals surface area contributed by atoms with Crippen molar-refractivity contribution in [2.75, 3.05) is 18.5 Å². The van der Waals surface area contributed by atoms with Gasteiger partial charge in [0.2, 0.25) is 0 Å². The van der Waals surface area contributed by atoms with Crippen LogP contribution in [0, 0.1) is 10.5 Å². The van der Waals surface area contributed by atoms with Crippen LogP contribution in [0.25, 0.3) is 0 Å². The minimum atomic E-state index is -0.273. The van der Waals surface area contributed by atoms with Gasteiger partial charge in [-0.15, -0.1) is 0 Å². The number of ether oxygens (including phenoxy) is 1. The largest absolute Gasteiger partial charge is 0.369 e. The van der Waals surface area contributed by atoms with E-state index in [9.17, 15) is 0 Å². The number of hydrogen-bond acceptors (Lipinski definition) is 4. The van der Waals surface area contributed by atoms with E-state index < -0.39 is 0 Å². The number of aromatic nitrogens is 2. The third-order valence-corrected chi connectivity index (χ3v) is 5.34. The van der Waals surface area contributed by atoms with E-state index in [0.717, 1.165) is 46.7 Å². The van der Waals surface area contributed by atoms with Gasteiger partial charge in [0.05, 0.1) is 9.26 Å². The molecule has 0 atom stereocenters. The van der Waals surface area contributed by atoms with Gasteiger partial charge in [0.15, 0.2) is 5.82 Å². The summed E-state index contributed by atoms with van der Waals surface area (Å²) in [5.74, 6) is 1.84. The summed E-state index contributed by atoms with van der Waals surface area (Å²) in [6, 6.07) is 0. The van der Waals surface area contributed by atoms with Crippen LogP contribution in [0.4, 0.5) is 5.82 Å². The molecule has 1 aliphatic rings. The molecule has 4 nitrogen and oxygen atoms in total. The fourth-order valence-electron chi connectivity index (χ4n) is 2.96. The third kappa shape index (κ3) is 3.86. The van der Waals surface area contributed by atoms with Crippen molar-refractivity contribution >= 4 is 28.4 Å². The van der Waals surface area contributed by atoms with E-state index in [2.05, 4.69) is 48.7 Å². The zero-order valence-electron chi connectivity index (χ0n) is 13.3. The molecule has 0 aromatic carbocycles. The molecule has 0 bridgehead atoms. The minimum absolute atomic E-state index is 0.273. The first-order valence-electron chi connectivity index (χ1n) is 8.05. The maximum Gasteiger partial charge on any atom is 0.162 e. The van der Waals surface area contributed by atoms with Gasteiger partial charge in [0.25, 0.3) is 0 Å². The van der Waals surface area contributed by atoms with E-state index in [-0.39, 0.29) is 5.60 Å². The van der Waals surface area contributed by atoms with E-state index in [1.54, 1.807) is 0 Å². The van der Waals surface area contributed by atoms with Crippen molar-refractivity contribution in [1.29, 1.82) is 0 Å². The van der Waals surface area contributed by atoms with E-state index in [1.165, 1.54) is 19.3 Å². The molecule has 21 heavy (non-hydrogen) atoms. The van der Waals surface area contributed by atoms with Gasteiger partial charge in [-0.1, -0.05) is 26.2 Å². The second kappa shape index (κ2) is 7.72. The molecule has 0 spiro atoms. The third-order valence-electron chi connectivity index (χ3n) is 4.05. The predicted molar refractivity (Wildman–Crippen MR) is 94.7 cm³/mol. The van der Waals surface area contributed by atoms with Gasteiger partial charge >= 0.3 is 0 Å². The number of hydrogen-bond donors (Lipinski definition) is 1. The summed E-state index contributed by atoms with van der Waals surface area (Å²) in [5, 5.41) is 3.43. The van der Waals surface area contributed by atoms with Crippen LogP contribution >= 0.6 is 22.6 Å². The Morgan fingerprint density at radius 1 is 1.19 bits per heavy atom. The molecule has 0 radical (unpaired) electrons. The first-order chi connectivity index (χ1) is 10.1. The summed E-state index contributed by atoms with van der Waals surface area (Å²) in [4.78, 5) is 9.60. The van der Waals surface area contributed by atoms with Gasteiger partial charge in [-0.3, -0.25) is 0 Å². The SMILES string of the molecule is CCCNc1nc(C2(OCC)CCCCC2)nc(C)c1I. The smallest absolute Gasteiger partial charge is 0.162 e. The molecule has 0 saturated heterocycles. The van der Waals surface area contributed by atoms with E-state index >= 15 is 0 Å². The lowest BCUT2D eigenvalue weighted by molar-refractivity contribution is -0.0767. The molecular formula is C16H26IN3O.